The summed E-state index contributed by atoms with van der Waals surface area (Å²) in [5.74, 6) is 2.22. The van der Waals surface area contributed by atoms with Crippen molar-refractivity contribution < 1.29 is 0 Å². The van der Waals surface area contributed by atoms with Gasteiger partial charge in [0.1, 0.15) is 0 Å². The Bertz CT molecular complexity index is 123. The third kappa shape index (κ3) is 1.39. The van der Waals surface area contributed by atoms with Crippen LogP contribution in [0.25, 0.3) is 0 Å². The maximum absolute atomic E-state index is 2.22. The van der Waals surface area contributed by atoms with Crippen molar-refractivity contribution in [2.45, 2.75) is 5.09 Å². The first kappa shape index (κ1) is 5.51. The predicted molar refractivity (Wildman–Crippen MR) is 35.4 cm³/mol. The number of hydrogen-bond acceptors (Lipinski definition) is 0. The zero-order chi connectivity index (χ0) is 5.11. The molecule has 0 saturated carbocycles. The van der Waals surface area contributed by atoms with Gasteiger partial charge in [-0.25, -0.2) is 0 Å². The summed E-state index contributed by atoms with van der Waals surface area (Å²) in [5, 5.41) is 2.81. The molecule has 1 heterocycles. The summed E-state index contributed by atoms with van der Waals surface area (Å²) in [6, 6.07) is 4.34. The van der Waals surface area contributed by atoms with Gasteiger partial charge in [0.2, 0.25) is 0 Å². The second-order valence-electron chi connectivity index (χ2n) is 1.55. The van der Waals surface area contributed by atoms with E-state index in [1.54, 1.807) is 5.30 Å². The van der Waals surface area contributed by atoms with E-state index in [1.807, 2.05) is 0 Å². The van der Waals surface area contributed by atoms with Crippen LogP contribution < -0.4 is 0 Å². The van der Waals surface area contributed by atoms with Crippen LogP contribution in [0, 0.1) is 0 Å². The summed E-state index contributed by atoms with van der Waals surface area (Å²) in [6.45, 7) is 0. The monoisotopic (exact) mass is 104 g/mol. The van der Waals surface area contributed by atoms with Gasteiger partial charge >= 0.3 is 54.2 Å². The van der Waals surface area contributed by atoms with Crippen LogP contribution in [-0.4, -0.2) is 17.7 Å². The van der Waals surface area contributed by atoms with Crippen molar-refractivity contribution >= 4 is 25.9 Å². The van der Waals surface area contributed by atoms with E-state index in [2.05, 4.69) is 35.6 Å². The van der Waals surface area contributed by atoms with Gasteiger partial charge in [0.15, 0.2) is 0 Å². The van der Waals surface area contributed by atoms with Crippen molar-refractivity contribution in [2.75, 3.05) is 0 Å². The summed E-state index contributed by atoms with van der Waals surface area (Å²) >= 11 is 2.20. The molecule has 1 rings (SSSR count). The molecule has 1 aromatic heterocycles. The first-order chi connectivity index (χ1) is 3.43. The zero-order valence-corrected chi connectivity index (χ0v) is 5.44. The molecule has 32 valence electrons. The van der Waals surface area contributed by atoms with E-state index >= 15 is 0 Å². The SMILES string of the molecule is [Li][CH2]c1ccc[pH]1. The van der Waals surface area contributed by atoms with E-state index in [0.29, 0.717) is 0 Å². The fourth-order valence-electron chi connectivity index (χ4n) is 0.587. The molecule has 7 heavy (non-hydrogen) atoms. The zero-order valence-electron chi connectivity index (χ0n) is 4.44. The number of rotatable bonds is 1. The molecule has 0 aliphatic heterocycles. The van der Waals surface area contributed by atoms with Crippen molar-refractivity contribution in [3.05, 3.63) is 23.2 Å². The second-order valence-corrected chi connectivity index (χ2v) is 2.81. The Hall–Kier alpha value is 0.377. The normalized spacial score (nSPS) is 10.6. The molecule has 1 aromatic rings. The van der Waals surface area contributed by atoms with E-state index in [0.717, 1.165) is 8.19 Å². The topological polar surface area (TPSA) is 0 Å². The van der Waals surface area contributed by atoms with Gasteiger partial charge in [-0.3, -0.25) is 0 Å². The van der Waals surface area contributed by atoms with Crippen LogP contribution in [0.5, 0.6) is 0 Å². The van der Waals surface area contributed by atoms with Gasteiger partial charge in [-0.1, -0.05) is 0 Å². The van der Waals surface area contributed by atoms with Crippen LogP contribution in [-0.2, 0) is 5.09 Å². The molecule has 0 fully saturated rings. The van der Waals surface area contributed by atoms with E-state index in [-0.39, 0.29) is 0 Å². The standard InChI is InChI=1S/C5H6P.Li/c1-5-3-2-4-6-5;/h2-4,6H,1H2;. The van der Waals surface area contributed by atoms with Gasteiger partial charge in [-0.2, -0.15) is 0 Å². The fraction of sp³-hybridized carbons (Fsp3) is 0.200. The summed E-state index contributed by atoms with van der Waals surface area (Å²) < 4.78 is 0. The minimum atomic E-state index is 0.980. The quantitative estimate of drug-likeness (QED) is 0.472. The van der Waals surface area contributed by atoms with Crippen molar-refractivity contribution in [2.24, 2.45) is 0 Å². The molecule has 0 saturated heterocycles. The summed E-state index contributed by atoms with van der Waals surface area (Å²) in [7, 11) is 0.980. The Morgan fingerprint density at radius 1 is 1.71 bits per heavy atom. The average Bonchev–Trinajstić information content (AvgIpc) is 2.14. The van der Waals surface area contributed by atoms with Gasteiger partial charge in [0, 0.05) is 0 Å². The van der Waals surface area contributed by atoms with Gasteiger partial charge in [-0.15, -0.1) is 0 Å². The van der Waals surface area contributed by atoms with E-state index in [9.17, 15) is 0 Å². The number of hydrogen-bond donors (Lipinski definition) is 0. The Balaban J connectivity index is 2.76. The third-order valence-corrected chi connectivity index (χ3v) is 2.29. The Morgan fingerprint density at radius 2 is 2.57 bits per heavy atom. The molecule has 0 amide bonds. The minimum absolute atomic E-state index is 0.980. The van der Waals surface area contributed by atoms with Gasteiger partial charge in [0.25, 0.3) is 0 Å². The average molecular weight is 104 g/mol. The molecule has 0 nitrogen and oxygen atoms in total. The molecule has 0 bridgehead atoms. The van der Waals surface area contributed by atoms with Gasteiger partial charge < -0.3 is 0 Å². The molecule has 0 radical (unpaired) electrons. The molecule has 0 aliphatic rings. The van der Waals surface area contributed by atoms with Crippen molar-refractivity contribution in [1.29, 1.82) is 0 Å². The molecule has 0 spiro atoms. The maximum atomic E-state index is 2.22. The summed E-state index contributed by atoms with van der Waals surface area (Å²) in [6.07, 6.45) is 0. The van der Waals surface area contributed by atoms with E-state index < -0.39 is 0 Å². The van der Waals surface area contributed by atoms with Crippen molar-refractivity contribution in [3.63, 3.8) is 0 Å². The third-order valence-electron chi connectivity index (χ3n) is 1.04. The second kappa shape index (κ2) is 2.63. The Labute approximate surface area is 54.6 Å². The molecule has 1 unspecified atom stereocenters. The van der Waals surface area contributed by atoms with Crippen LogP contribution in [0.4, 0.5) is 0 Å². The van der Waals surface area contributed by atoms with Crippen LogP contribution in [0.1, 0.15) is 5.30 Å². The molecular weight excluding hydrogens is 98.0 g/mol. The van der Waals surface area contributed by atoms with Crippen LogP contribution in [0.3, 0.4) is 0 Å². The molecule has 0 aromatic carbocycles. The van der Waals surface area contributed by atoms with E-state index in [1.165, 1.54) is 5.09 Å². The fourth-order valence-corrected chi connectivity index (χ4v) is 1.39. The van der Waals surface area contributed by atoms with Crippen LogP contribution in [0.2, 0.25) is 0 Å². The van der Waals surface area contributed by atoms with Crippen molar-refractivity contribution in [1.82, 2.24) is 0 Å². The first-order valence-corrected chi connectivity index (χ1v) is 3.63. The summed E-state index contributed by atoms with van der Waals surface area (Å²) in [4.78, 5) is 0. The van der Waals surface area contributed by atoms with E-state index in [4.69, 9.17) is 0 Å². The molecular formula is C5H6LiP. The molecule has 2 heteroatoms. The predicted octanol–water partition coefficient (Wildman–Crippen LogP) is 1.39. The van der Waals surface area contributed by atoms with Gasteiger partial charge in [0.05, 0.1) is 0 Å². The summed E-state index contributed by atoms with van der Waals surface area (Å²) in [5.41, 5.74) is 0. The molecule has 1 atom stereocenters. The van der Waals surface area contributed by atoms with Crippen LogP contribution >= 0.6 is 8.19 Å². The van der Waals surface area contributed by atoms with Crippen molar-refractivity contribution in [3.8, 4) is 0 Å². The Morgan fingerprint density at radius 3 is 2.86 bits per heavy atom. The Kier molecular flexibility index (Phi) is 2.07. The van der Waals surface area contributed by atoms with Crippen LogP contribution in [0.15, 0.2) is 17.9 Å². The first-order valence-electron chi connectivity index (χ1n) is 2.55. The van der Waals surface area contributed by atoms with Gasteiger partial charge in [-0.05, 0) is 0 Å². The molecule has 0 aliphatic carbocycles. The molecule has 0 N–H and O–H groups in total.